The van der Waals surface area contributed by atoms with Gasteiger partial charge in [-0.15, -0.1) is 0 Å². The molecule has 0 aromatic carbocycles. The molecule has 0 spiro atoms. The quantitative estimate of drug-likeness (QED) is 0.741. The number of carbonyl (C=O) groups excluding carboxylic acids is 2. The summed E-state index contributed by atoms with van der Waals surface area (Å²) in [6.07, 6.45) is 6.13. The summed E-state index contributed by atoms with van der Waals surface area (Å²) in [5, 5.41) is 0. The molecule has 2 saturated heterocycles. The second-order valence-corrected chi connectivity index (χ2v) is 9.98. The number of likely N-dealkylation sites (tertiary alicyclic amines) is 1. The van der Waals surface area contributed by atoms with E-state index in [-0.39, 0.29) is 41.3 Å². The molecule has 8 heteroatoms. The van der Waals surface area contributed by atoms with Gasteiger partial charge in [-0.25, -0.2) is 8.42 Å². The lowest BCUT2D eigenvalue weighted by atomic mass is 9.96. The van der Waals surface area contributed by atoms with Crippen molar-refractivity contribution in [1.29, 1.82) is 0 Å². The topological polar surface area (TPSA) is 101 Å². The largest absolute Gasteiger partial charge is 0.369 e. The van der Waals surface area contributed by atoms with Crippen LogP contribution in [-0.4, -0.2) is 73.3 Å². The summed E-state index contributed by atoms with van der Waals surface area (Å²) in [6, 6.07) is 0.0257. The van der Waals surface area contributed by atoms with Crippen LogP contribution in [0.4, 0.5) is 0 Å². The molecule has 1 atom stereocenters. The fourth-order valence-corrected chi connectivity index (χ4v) is 6.24. The number of rotatable bonds is 5. The highest BCUT2D eigenvalue weighted by atomic mass is 32.2. The number of nitrogens with zero attached hydrogens (tertiary/aromatic N) is 2. The molecule has 2 N–H and O–H groups in total. The lowest BCUT2D eigenvalue weighted by Crippen LogP contribution is -2.51. The van der Waals surface area contributed by atoms with Gasteiger partial charge in [-0.2, -0.15) is 0 Å². The van der Waals surface area contributed by atoms with Crippen LogP contribution in [-0.2, 0) is 19.4 Å². The first-order chi connectivity index (χ1) is 11.9. The molecule has 3 aliphatic rings. The Morgan fingerprint density at radius 1 is 1.00 bits per heavy atom. The zero-order valence-electron chi connectivity index (χ0n) is 14.7. The molecule has 0 bridgehead atoms. The average molecular weight is 372 g/mol. The summed E-state index contributed by atoms with van der Waals surface area (Å²) in [5.74, 6) is 0.00969. The minimum absolute atomic E-state index is 0.0477. The first-order valence-corrected chi connectivity index (χ1v) is 11.2. The second kappa shape index (κ2) is 7.61. The Hall–Kier alpha value is -1.15. The van der Waals surface area contributed by atoms with E-state index in [0.29, 0.717) is 38.9 Å². The zero-order chi connectivity index (χ0) is 18.0. The standard InChI is InChI=1S/C17H29N3O4S/c18-17(22)13-5-8-19(9-6-13)11-16(21)20(14-3-1-2-4-14)15-7-10-25(23,24)12-15/h13-15H,1-12H2,(H2,18,22)/t15-/m1/s1. The van der Waals surface area contributed by atoms with Crippen LogP contribution in [0.25, 0.3) is 0 Å². The summed E-state index contributed by atoms with van der Waals surface area (Å²) in [4.78, 5) is 28.3. The van der Waals surface area contributed by atoms with Gasteiger partial charge >= 0.3 is 0 Å². The number of piperidine rings is 1. The minimum Gasteiger partial charge on any atom is -0.369 e. The van der Waals surface area contributed by atoms with E-state index in [9.17, 15) is 18.0 Å². The van der Waals surface area contributed by atoms with Crippen LogP contribution >= 0.6 is 0 Å². The van der Waals surface area contributed by atoms with E-state index in [2.05, 4.69) is 4.90 Å². The molecule has 3 fully saturated rings. The van der Waals surface area contributed by atoms with E-state index >= 15 is 0 Å². The number of sulfone groups is 1. The fourth-order valence-electron chi connectivity index (χ4n) is 4.53. The zero-order valence-corrected chi connectivity index (χ0v) is 15.5. The molecule has 142 valence electrons. The number of nitrogens with two attached hydrogens (primary N) is 1. The van der Waals surface area contributed by atoms with E-state index in [1.165, 1.54) is 0 Å². The summed E-state index contributed by atoms with van der Waals surface area (Å²) < 4.78 is 23.8. The Morgan fingerprint density at radius 2 is 1.64 bits per heavy atom. The summed E-state index contributed by atoms with van der Waals surface area (Å²) >= 11 is 0. The van der Waals surface area contributed by atoms with Gasteiger partial charge in [0.15, 0.2) is 9.84 Å². The van der Waals surface area contributed by atoms with Crippen LogP contribution in [0.3, 0.4) is 0 Å². The Morgan fingerprint density at radius 3 is 2.16 bits per heavy atom. The summed E-state index contributed by atoms with van der Waals surface area (Å²) in [5.41, 5.74) is 5.36. The smallest absolute Gasteiger partial charge is 0.237 e. The van der Waals surface area contributed by atoms with E-state index in [1.54, 1.807) is 0 Å². The number of amides is 2. The van der Waals surface area contributed by atoms with Gasteiger partial charge in [-0.05, 0) is 45.2 Å². The summed E-state index contributed by atoms with van der Waals surface area (Å²) in [7, 11) is -3.01. The maximum atomic E-state index is 13.0. The molecular formula is C17H29N3O4S. The van der Waals surface area contributed by atoms with Crippen LogP contribution in [0.15, 0.2) is 0 Å². The predicted molar refractivity (Wildman–Crippen MR) is 94.5 cm³/mol. The third kappa shape index (κ3) is 4.53. The van der Waals surface area contributed by atoms with Crippen molar-refractivity contribution in [3.05, 3.63) is 0 Å². The molecule has 25 heavy (non-hydrogen) atoms. The Bertz CT molecular complexity index is 607. The van der Waals surface area contributed by atoms with Crippen molar-refractivity contribution in [2.45, 2.75) is 57.0 Å². The van der Waals surface area contributed by atoms with Crippen LogP contribution in [0.5, 0.6) is 0 Å². The van der Waals surface area contributed by atoms with Gasteiger partial charge in [0.05, 0.1) is 18.1 Å². The van der Waals surface area contributed by atoms with E-state index in [4.69, 9.17) is 5.73 Å². The minimum atomic E-state index is -3.01. The molecule has 1 saturated carbocycles. The highest BCUT2D eigenvalue weighted by Gasteiger charge is 2.39. The van der Waals surface area contributed by atoms with E-state index < -0.39 is 9.84 Å². The lowest BCUT2D eigenvalue weighted by molar-refractivity contribution is -0.137. The van der Waals surface area contributed by atoms with Gasteiger partial charge in [-0.1, -0.05) is 12.8 Å². The normalized spacial score (nSPS) is 28.2. The van der Waals surface area contributed by atoms with Crippen LogP contribution < -0.4 is 5.73 Å². The maximum absolute atomic E-state index is 13.0. The number of hydrogen-bond acceptors (Lipinski definition) is 5. The molecular weight excluding hydrogens is 342 g/mol. The number of hydrogen-bond donors (Lipinski definition) is 1. The van der Waals surface area contributed by atoms with Gasteiger partial charge in [0.2, 0.25) is 11.8 Å². The molecule has 0 unspecified atom stereocenters. The highest BCUT2D eigenvalue weighted by Crippen LogP contribution is 2.29. The van der Waals surface area contributed by atoms with Gasteiger partial charge < -0.3 is 10.6 Å². The highest BCUT2D eigenvalue weighted by molar-refractivity contribution is 7.91. The Labute approximate surface area is 149 Å². The molecule has 0 radical (unpaired) electrons. The molecule has 0 aromatic heterocycles. The molecule has 7 nitrogen and oxygen atoms in total. The molecule has 2 amide bonds. The third-order valence-corrected chi connectivity index (χ3v) is 7.71. The van der Waals surface area contributed by atoms with E-state index in [0.717, 1.165) is 25.7 Å². The average Bonchev–Trinajstić information content (AvgIpc) is 3.18. The molecule has 1 aliphatic carbocycles. The Balaban J connectivity index is 1.62. The van der Waals surface area contributed by atoms with Crippen molar-refractivity contribution in [1.82, 2.24) is 9.80 Å². The van der Waals surface area contributed by atoms with Gasteiger partial charge in [0, 0.05) is 18.0 Å². The van der Waals surface area contributed by atoms with Crippen molar-refractivity contribution in [3.8, 4) is 0 Å². The van der Waals surface area contributed by atoms with Crippen LogP contribution in [0.2, 0.25) is 0 Å². The van der Waals surface area contributed by atoms with Crippen molar-refractivity contribution < 1.29 is 18.0 Å². The van der Waals surface area contributed by atoms with Crippen molar-refractivity contribution >= 4 is 21.7 Å². The van der Waals surface area contributed by atoms with Gasteiger partial charge in [0.1, 0.15) is 0 Å². The first kappa shape index (κ1) is 18.6. The van der Waals surface area contributed by atoms with Gasteiger partial charge in [0.25, 0.3) is 0 Å². The first-order valence-electron chi connectivity index (χ1n) is 9.39. The van der Waals surface area contributed by atoms with Crippen molar-refractivity contribution in [3.63, 3.8) is 0 Å². The fraction of sp³-hybridized carbons (Fsp3) is 0.882. The lowest BCUT2D eigenvalue weighted by Gasteiger charge is -2.37. The monoisotopic (exact) mass is 371 g/mol. The predicted octanol–water partition coefficient (Wildman–Crippen LogP) is 0.142. The van der Waals surface area contributed by atoms with Crippen LogP contribution in [0.1, 0.15) is 44.9 Å². The third-order valence-electron chi connectivity index (χ3n) is 5.96. The summed E-state index contributed by atoms with van der Waals surface area (Å²) in [6.45, 7) is 1.71. The van der Waals surface area contributed by atoms with Crippen LogP contribution in [0, 0.1) is 5.92 Å². The van der Waals surface area contributed by atoms with Gasteiger partial charge in [-0.3, -0.25) is 14.5 Å². The molecule has 0 aromatic rings. The second-order valence-electron chi connectivity index (χ2n) is 7.75. The van der Waals surface area contributed by atoms with Crippen molar-refractivity contribution in [2.24, 2.45) is 11.7 Å². The molecule has 2 heterocycles. The number of primary amides is 1. The van der Waals surface area contributed by atoms with E-state index in [1.807, 2.05) is 4.90 Å². The molecule has 3 rings (SSSR count). The SMILES string of the molecule is NC(=O)C1CCN(CC(=O)N(C2CCCC2)[C@@H]2CCS(=O)(=O)C2)CC1. The maximum Gasteiger partial charge on any atom is 0.237 e. The Kier molecular flexibility index (Phi) is 5.68. The van der Waals surface area contributed by atoms with Crippen molar-refractivity contribution in [2.75, 3.05) is 31.1 Å². The molecule has 2 aliphatic heterocycles. The number of carbonyl (C=O) groups is 2.